The van der Waals surface area contributed by atoms with Crippen LogP contribution in [0.4, 0.5) is 11.5 Å². The summed E-state index contributed by atoms with van der Waals surface area (Å²) in [7, 11) is -3.47. The molecule has 1 fully saturated rings. The highest BCUT2D eigenvalue weighted by Crippen LogP contribution is 2.26. The SMILES string of the molecule is O=S(=O)(c1ccc(Nc2nc(Cl)nc3ccccc23)cc1)N1CCNCC1. The maximum atomic E-state index is 12.7. The molecule has 0 radical (unpaired) electrons. The summed E-state index contributed by atoms with van der Waals surface area (Å²) in [6, 6.07) is 14.2. The normalized spacial score (nSPS) is 15.7. The number of nitrogens with one attached hydrogen (secondary N) is 2. The lowest BCUT2D eigenvalue weighted by Gasteiger charge is -2.26. The Morgan fingerprint density at radius 2 is 1.70 bits per heavy atom. The van der Waals surface area contributed by atoms with Crippen molar-refractivity contribution in [2.45, 2.75) is 4.90 Å². The predicted molar refractivity (Wildman–Crippen MR) is 106 cm³/mol. The zero-order valence-corrected chi connectivity index (χ0v) is 16.0. The van der Waals surface area contributed by atoms with Crippen molar-refractivity contribution in [2.24, 2.45) is 0 Å². The van der Waals surface area contributed by atoms with Gasteiger partial charge in [0.2, 0.25) is 15.3 Å². The Morgan fingerprint density at radius 1 is 1.00 bits per heavy atom. The molecule has 9 heteroatoms. The van der Waals surface area contributed by atoms with Crippen molar-refractivity contribution < 1.29 is 8.42 Å². The summed E-state index contributed by atoms with van der Waals surface area (Å²) >= 11 is 6.01. The Bertz CT molecular complexity index is 1070. The summed E-state index contributed by atoms with van der Waals surface area (Å²) < 4.78 is 26.9. The Hall–Kier alpha value is -2.26. The van der Waals surface area contributed by atoms with Gasteiger partial charge in [0.05, 0.1) is 10.4 Å². The summed E-state index contributed by atoms with van der Waals surface area (Å²) in [5.41, 5.74) is 1.45. The van der Waals surface area contributed by atoms with Crippen molar-refractivity contribution in [3.63, 3.8) is 0 Å². The largest absolute Gasteiger partial charge is 0.340 e. The molecule has 0 aliphatic carbocycles. The smallest absolute Gasteiger partial charge is 0.243 e. The van der Waals surface area contributed by atoms with Crippen LogP contribution in [0.2, 0.25) is 5.28 Å². The van der Waals surface area contributed by atoms with Crippen molar-refractivity contribution >= 4 is 44.0 Å². The molecule has 3 aromatic rings. The number of rotatable bonds is 4. The minimum atomic E-state index is -3.47. The molecule has 7 nitrogen and oxygen atoms in total. The Morgan fingerprint density at radius 3 is 2.44 bits per heavy atom. The zero-order valence-electron chi connectivity index (χ0n) is 14.4. The number of benzene rings is 2. The van der Waals surface area contributed by atoms with Crippen LogP contribution in [0.3, 0.4) is 0 Å². The van der Waals surface area contributed by atoms with Gasteiger partial charge in [-0.25, -0.2) is 13.4 Å². The van der Waals surface area contributed by atoms with E-state index in [2.05, 4.69) is 20.6 Å². The number of hydrogen-bond donors (Lipinski definition) is 2. The first-order valence-corrected chi connectivity index (χ1v) is 10.4. The maximum absolute atomic E-state index is 12.7. The first-order valence-electron chi connectivity index (χ1n) is 8.54. The molecule has 27 heavy (non-hydrogen) atoms. The van der Waals surface area contributed by atoms with E-state index >= 15 is 0 Å². The van der Waals surface area contributed by atoms with Crippen molar-refractivity contribution in [3.8, 4) is 0 Å². The minimum Gasteiger partial charge on any atom is -0.340 e. The first kappa shape index (κ1) is 18.1. The molecule has 140 valence electrons. The van der Waals surface area contributed by atoms with Crippen molar-refractivity contribution in [3.05, 3.63) is 53.8 Å². The van der Waals surface area contributed by atoms with Crippen LogP contribution in [0.25, 0.3) is 10.9 Å². The molecular formula is C18H18ClN5O2S. The lowest BCUT2D eigenvalue weighted by Crippen LogP contribution is -2.46. The van der Waals surface area contributed by atoms with Crippen LogP contribution in [0.15, 0.2) is 53.4 Å². The third-order valence-electron chi connectivity index (χ3n) is 4.41. The minimum absolute atomic E-state index is 0.147. The molecule has 4 rings (SSSR count). The van der Waals surface area contributed by atoms with E-state index in [0.29, 0.717) is 37.7 Å². The van der Waals surface area contributed by atoms with Crippen LogP contribution < -0.4 is 10.6 Å². The Kier molecular flexibility index (Phi) is 4.96. The predicted octanol–water partition coefficient (Wildman–Crippen LogP) is 2.62. The van der Waals surface area contributed by atoms with Crippen LogP contribution >= 0.6 is 11.6 Å². The highest BCUT2D eigenvalue weighted by atomic mass is 35.5. The van der Waals surface area contributed by atoms with E-state index in [-0.39, 0.29) is 10.2 Å². The summed E-state index contributed by atoms with van der Waals surface area (Å²) in [6.07, 6.45) is 0. The van der Waals surface area contributed by atoms with Gasteiger partial charge in [-0.15, -0.1) is 0 Å². The number of para-hydroxylation sites is 1. The first-order chi connectivity index (χ1) is 13.0. The number of halogens is 1. The standard InChI is InChI=1S/C18H18ClN5O2S/c19-18-22-16-4-2-1-3-15(16)17(23-18)21-13-5-7-14(8-6-13)27(25,26)24-11-9-20-10-12-24/h1-8,20H,9-12H2,(H,21,22,23). The second-order valence-corrected chi connectivity index (χ2v) is 8.44. The van der Waals surface area contributed by atoms with Gasteiger partial charge in [-0.2, -0.15) is 9.29 Å². The van der Waals surface area contributed by atoms with Gasteiger partial charge in [-0.1, -0.05) is 12.1 Å². The van der Waals surface area contributed by atoms with Gasteiger partial charge in [-0.3, -0.25) is 0 Å². The van der Waals surface area contributed by atoms with E-state index in [9.17, 15) is 8.42 Å². The third kappa shape index (κ3) is 3.74. The number of aromatic nitrogens is 2. The molecule has 1 aliphatic rings. The van der Waals surface area contributed by atoms with E-state index in [1.165, 1.54) is 4.31 Å². The second kappa shape index (κ2) is 7.40. The molecule has 0 atom stereocenters. The van der Waals surface area contributed by atoms with Crippen molar-refractivity contribution in [1.82, 2.24) is 19.6 Å². The molecule has 2 N–H and O–H groups in total. The fraction of sp³-hybridized carbons (Fsp3) is 0.222. The highest BCUT2D eigenvalue weighted by molar-refractivity contribution is 7.89. The van der Waals surface area contributed by atoms with Gasteiger partial charge in [0.15, 0.2) is 0 Å². The van der Waals surface area contributed by atoms with Crippen molar-refractivity contribution in [1.29, 1.82) is 0 Å². The molecule has 1 aliphatic heterocycles. The molecule has 0 bridgehead atoms. The fourth-order valence-electron chi connectivity index (χ4n) is 3.02. The lowest BCUT2D eigenvalue weighted by molar-refractivity contribution is 0.360. The Balaban J connectivity index is 1.60. The van der Waals surface area contributed by atoms with E-state index in [0.717, 1.165) is 10.9 Å². The molecular weight excluding hydrogens is 386 g/mol. The third-order valence-corrected chi connectivity index (χ3v) is 6.49. The molecule has 2 aromatic carbocycles. The average molecular weight is 404 g/mol. The van der Waals surface area contributed by atoms with Gasteiger partial charge in [0.1, 0.15) is 5.82 Å². The number of anilines is 2. The van der Waals surface area contributed by atoms with Crippen molar-refractivity contribution in [2.75, 3.05) is 31.5 Å². The van der Waals surface area contributed by atoms with Crippen LogP contribution in [0.5, 0.6) is 0 Å². The van der Waals surface area contributed by atoms with Crippen LogP contribution in [0, 0.1) is 0 Å². The molecule has 0 amide bonds. The summed E-state index contributed by atoms with van der Waals surface area (Å²) in [5.74, 6) is 0.573. The van der Waals surface area contributed by atoms with Gasteiger partial charge < -0.3 is 10.6 Å². The fourth-order valence-corrected chi connectivity index (χ4v) is 4.64. The monoisotopic (exact) mass is 403 g/mol. The summed E-state index contributed by atoms with van der Waals surface area (Å²) in [4.78, 5) is 8.73. The topological polar surface area (TPSA) is 87.2 Å². The lowest BCUT2D eigenvalue weighted by atomic mass is 10.2. The highest BCUT2D eigenvalue weighted by Gasteiger charge is 2.25. The Labute approximate surface area is 162 Å². The molecule has 1 aromatic heterocycles. The van der Waals surface area contributed by atoms with E-state index in [1.807, 2.05) is 24.3 Å². The zero-order chi connectivity index (χ0) is 18.9. The number of fused-ring (bicyclic) bond motifs is 1. The summed E-state index contributed by atoms with van der Waals surface area (Å²) in [5, 5.41) is 7.33. The summed E-state index contributed by atoms with van der Waals surface area (Å²) in [6.45, 7) is 2.29. The van der Waals surface area contributed by atoms with E-state index in [4.69, 9.17) is 11.6 Å². The quantitative estimate of drug-likeness (QED) is 0.651. The van der Waals surface area contributed by atoms with Gasteiger partial charge in [0, 0.05) is 37.3 Å². The number of sulfonamides is 1. The van der Waals surface area contributed by atoms with E-state index in [1.54, 1.807) is 24.3 Å². The van der Waals surface area contributed by atoms with E-state index < -0.39 is 10.0 Å². The average Bonchev–Trinajstić information content (AvgIpc) is 2.69. The molecule has 0 unspecified atom stereocenters. The molecule has 0 spiro atoms. The number of nitrogens with zero attached hydrogens (tertiary/aromatic N) is 3. The molecule has 2 heterocycles. The van der Waals surface area contributed by atoms with Gasteiger partial charge in [0.25, 0.3) is 0 Å². The van der Waals surface area contributed by atoms with Crippen LogP contribution in [-0.2, 0) is 10.0 Å². The molecule has 0 saturated carbocycles. The number of hydrogen-bond acceptors (Lipinski definition) is 6. The number of piperazine rings is 1. The maximum Gasteiger partial charge on any atom is 0.243 e. The second-order valence-electron chi connectivity index (χ2n) is 6.16. The van der Waals surface area contributed by atoms with Crippen LogP contribution in [0.1, 0.15) is 0 Å². The van der Waals surface area contributed by atoms with Crippen LogP contribution in [-0.4, -0.2) is 48.9 Å². The molecule has 1 saturated heterocycles. The van der Waals surface area contributed by atoms with Gasteiger partial charge in [-0.05, 0) is 48.0 Å². The van der Waals surface area contributed by atoms with Gasteiger partial charge >= 0.3 is 0 Å².